The quantitative estimate of drug-likeness (QED) is 0.626. The minimum absolute atomic E-state index is 0.716. The smallest absolute Gasteiger partial charge is 0.0859 e. The highest BCUT2D eigenvalue weighted by Gasteiger charge is 2.09. The van der Waals surface area contributed by atoms with Crippen LogP contribution >= 0.6 is 0 Å². The Morgan fingerprint density at radius 1 is 1.31 bits per heavy atom. The molecule has 1 rings (SSSR count). The van der Waals surface area contributed by atoms with E-state index in [1.54, 1.807) is 0 Å². The Labute approximate surface area is 83.6 Å². The summed E-state index contributed by atoms with van der Waals surface area (Å²) >= 11 is 0. The van der Waals surface area contributed by atoms with Crippen molar-refractivity contribution in [1.82, 2.24) is 4.90 Å². The van der Waals surface area contributed by atoms with Crippen LogP contribution in [-0.2, 0) is 4.74 Å². The first-order chi connectivity index (χ1) is 6.34. The van der Waals surface area contributed by atoms with Gasteiger partial charge >= 0.3 is 0 Å². The van der Waals surface area contributed by atoms with Gasteiger partial charge in [-0.2, -0.15) is 0 Å². The van der Waals surface area contributed by atoms with Gasteiger partial charge < -0.3 is 9.64 Å². The Kier molecular flexibility index (Phi) is 13.3. The van der Waals surface area contributed by atoms with Crippen molar-refractivity contribution in [2.75, 3.05) is 26.3 Å². The van der Waals surface area contributed by atoms with Crippen molar-refractivity contribution >= 4 is 0 Å². The SMILES string of the molecule is C=C1COCCN1CC.CC.CC. The Hall–Kier alpha value is -0.500. The molecule has 13 heavy (non-hydrogen) atoms. The zero-order valence-corrected chi connectivity index (χ0v) is 9.89. The number of rotatable bonds is 1. The van der Waals surface area contributed by atoms with E-state index >= 15 is 0 Å². The van der Waals surface area contributed by atoms with E-state index in [1.165, 1.54) is 0 Å². The third kappa shape index (κ3) is 6.64. The van der Waals surface area contributed by atoms with Crippen LogP contribution in [0.2, 0.25) is 0 Å². The number of nitrogens with zero attached hydrogens (tertiary/aromatic N) is 1. The van der Waals surface area contributed by atoms with Crippen molar-refractivity contribution in [3.05, 3.63) is 12.3 Å². The summed E-state index contributed by atoms with van der Waals surface area (Å²) in [7, 11) is 0. The molecule has 1 aliphatic rings. The summed E-state index contributed by atoms with van der Waals surface area (Å²) in [5.41, 5.74) is 1.11. The van der Waals surface area contributed by atoms with E-state index in [0.29, 0.717) is 6.61 Å². The van der Waals surface area contributed by atoms with Crippen LogP contribution in [0.3, 0.4) is 0 Å². The van der Waals surface area contributed by atoms with Crippen LogP contribution in [-0.4, -0.2) is 31.2 Å². The third-order valence-corrected chi connectivity index (χ3v) is 1.60. The van der Waals surface area contributed by atoms with Crippen LogP contribution in [0.15, 0.2) is 12.3 Å². The van der Waals surface area contributed by atoms with Gasteiger partial charge in [0.1, 0.15) is 0 Å². The molecule has 0 aromatic carbocycles. The molecule has 80 valence electrons. The molecule has 0 radical (unpaired) electrons. The first-order valence-corrected chi connectivity index (χ1v) is 5.35. The second-order valence-corrected chi connectivity index (χ2v) is 2.20. The van der Waals surface area contributed by atoms with Gasteiger partial charge in [-0.25, -0.2) is 0 Å². The van der Waals surface area contributed by atoms with Gasteiger partial charge in [0.05, 0.1) is 13.2 Å². The van der Waals surface area contributed by atoms with E-state index in [0.717, 1.165) is 25.4 Å². The van der Waals surface area contributed by atoms with Crippen molar-refractivity contribution in [2.45, 2.75) is 34.6 Å². The molecule has 0 aromatic heterocycles. The van der Waals surface area contributed by atoms with E-state index in [-0.39, 0.29) is 0 Å². The van der Waals surface area contributed by atoms with Crippen molar-refractivity contribution in [1.29, 1.82) is 0 Å². The predicted molar refractivity (Wildman–Crippen MR) is 59.9 cm³/mol. The molecule has 0 aromatic rings. The molecule has 0 amide bonds. The predicted octanol–water partition coefficient (Wildman–Crippen LogP) is 2.90. The van der Waals surface area contributed by atoms with E-state index in [4.69, 9.17) is 4.74 Å². The summed E-state index contributed by atoms with van der Waals surface area (Å²) in [6.45, 7) is 17.6. The van der Waals surface area contributed by atoms with Crippen LogP contribution in [0.25, 0.3) is 0 Å². The molecule has 0 spiro atoms. The van der Waals surface area contributed by atoms with Crippen LogP contribution < -0.4 is 0 Å². The zero-order valence-electron chi connectivity index (χ0n) is 9.89. The highest BCUT2D eigenvalue weighted by molar-refractivity contribution is 4.95. The van der Waals surface area contributed by atoms with Crippen molar-refractivity contribution in [2.24, 2.45) is 0 Å². The topological polar surface area (TPSA) is 12.5 Å². The van der Waals surface area contributed by atoms with E-state index in [1.807, 2.05) is 27.7 Å². The average Bonchev–Trinajstić information content (AvgIpc) is 2.24. The number of likely N-dealkylation sites (N-methyl/N-ethyl adjacent to an activating group) is 1. The van der Waals surface area contributed by atoms with Crippen molar-refractivity contribution < 1.29 is 4.74 Å². The molecular weight excluding hydrogens is 162 g/mol. The maximum atomic E-state index is 5.17. The van der Waals surface area contributed by atoms with Gasteiger partial charge in [0.2, 0.25) is 0 Å². The van der Waals surface area contributed by atoms with Crippen LogP contribution in [0.1, 0.15) is 34.6 Å². The van der Waals surface area contributed by atoms with Gasteiger partial charge in [0.15, 0.2) is 0 Å². The van der Waals surface area contributed by atoms with Crippen LogP contribution in [0.4, 0.5) is 0 Å². The second kappa shape index (κ2) is 11.5. The number of morpholine rings is 1. The fraction of sp³-hybridized carbons (Fsp3) is 0.818. The van der Waals surface area contributed by atoms with Gasteiger partial charge in [-0.1, -0.05) is 34.3 Å². The summed E-state index contributed by atoms with van der Waals surface area (Å²) < 4.78 is 5.17. The van der Waals surface area contributed by atoms with Gasteiger partial charge in [-0.05, 0) is 6.92 Å². The second-order valence-electron chi connectivity index (χ2n) is 2.20. The summed E-state index contributed by atoms with van der Waals surface area (Å²) in [6.07, 6.45) is 0. The summed E-state index contributed by atoms with van der Waals surface area (Å²) in [5, 5.41) is 0. The molecule has 0 aliphatic carbocycles. The molecule has 0 saturated carbocycles. The van der Waals surface area contributed by atoms with Crippen molar-refractivity contribution in [3.8, 4) is 0 Å². The lowest BCUT2D eigenvalue weighted by atomic mass is 10.3. The van der Waals surface area contributed by atoms with Gasteiger partial charge in [0, 0.05) is 18.8 Å². The average molecular weight is 187 g/mol. The van der Waals surface area contributed by atoms with E-state index in [2.05, 4.69) is 18.4 Å². The molecule has 1 heterocycles. The fourth-order valence-corrected chi connectivity index (χ4v) is 0.996. The maximum absolute atomic E-state index is 5.17. The van der Waals surface area contributed by atoms with E-state index < -0.39 is 0 Å². The third-order valence-electron chi connectivity index (χ3n) is 1.60. The fourth-order valence-electron chi connectivity index (χ4n) is 0.996. The molecule has 0 unspecified atom stereocenters. The molecule has 0 bridgehead atoms. The van der Waals surface area contributed by atoms with Gasteiger partial charge in [-0.15, -0.1) is 0 Å². The normalized spacial score (nSPS) is 15.2. The van der Waals surface area contributed by atoms with Crippen molar-refractivity contribution in [3.63, 3.8) is 0 Å². The van der Waals surface area contributed by atoms with Crippen LogP contribution in [0.5, 0.6) is 0 Å². The largest absolute Gasteiger partial charge is 0.373 e. The molecule has 2 nitrogen and oxygen atoms in total. The first kappa shape index (κ1) is 15.0. The lowest BCUT2D eigenvalue weighted by Gasteiger charge is -2.29. The minimum Gasteiger partial charge on any atom is -0.373 e. The molecule has 0 N–H and O–H groups in total. The number of hydrogen-bond acceptors (Lipinski definition) is 2. The molecule has 1 fully saturated rings. The highest BCUT2D eigenvalue weighted by Crippen LogP contribution is 2.06. The number of hydrogen-bond donors (Lipinski definition) is 0. The summed E-state index contributed by atoms with van der Waals surface area (Å²) in [5.74, 6) is 0. The van der Waals surface area contributed by atoms with E-state index in [9.17, 15) is 0 Å². The Morgan fingerprint density at radius 3 is 2.15 bits per heavy atom. The molecule has 1 aliphatic heterocycles. The Morgan fingerprint density at radius 2 is 1.85 bits per heavy atom. The molecule has 1 saturated heterocycles. The maximum Gasteiger partial charge on any atom is 0.0859 e. The molecule has 0 atom stereocenters. The summed E-state index contributed by atoms with van der Waals surface area (Å²) in [4.78, 5) is 2.24. The monoisotopic (exact) mass is 187 g/mol. The van der Waals surface area contributed by atoms with Gasteiger partial charge in [0.25, 0.3) is 0 Å². The highest BCUT2D eigenvalue weighted by atomic mass is 16.5. The molecular formula is C11H25NO. The molecule has 2 heteroatoms. The summed E-state index contributed by atoms with van der Waals surface area (Å²) in [6, 6.07) is 0. The number of ether oxygens (including phenoxy) is 1. The first-order valence-electron chi connectivity index (χ1n) is 5.35. The standard InChI is InChI=1S/C7H13NO.2C2H6/c1-3-8-4-5-9-6-7(8)2;2*1-2/h2-6H2,1H3;2*1-2H3. The minimum atomic E-state index is 0.716. The van der Waals surface area contributed by atoms with Crippen LogP contribution in [0, 0.1) is 0 Å². The Bertz CT molecular complexity index is 113. The van der Waals surface area contributed by atoms with Gasteiger partial charge in [-0.3, -0.25) is 0 Å². The zero-order chi connectivity index (χ0) is 10.7. The lowest BCUT2D eigenvalue weighted by molar-refractivity contribution is 0.0763. The lowest BCUT2D eigenvalue weighted by Crippen LogP contribution is -2.33. The Balaban J connectivity index is 0.